The standard InChI is InChI=1S/C14H15ClN2O2/c1-2-4-12(14(18)19)17-11-7-6-10(15)9-5-3-8-16-13(9)11/h3,5-8,12,17H,2,4H2,1H3,(H,18,19). The molecule has 2 rings (SSSR count). The van der Waals surface area contributed by atoms with Crippen LogP contribution in [0.2, 0.25) is 5.02 Å². The SMILES string of the molecule is CCCC(Nc1ccc(Cl)c2cccnc12)C(=O)O. The largest absolute Gasteiger partial charge is 0.480 e. The summed E-state index contributed by atoms with van der Waals surface area (Å²) in [6, 6.07) is 6.57. The third kappa shape index (κ3) is 2.96. The lowest BCUT2D eigenvalue weighted by atomic mass is 10.1. The van der Waals surface area contributed by atoms with Gasteiger partial charge in [-0.3, -0.25) is 4.98 Å². The van der Waals surface area contributed by atoms with Crippen molar-refractivity contribution in [3.63, 3.8) is 0 Å². The van der Waals surface area contributed by atoms with Crippen molar-refractivity contribution >= 4 is 34.2 Å². The number of hydrogen-bond donors (Lipinski definition) is 2. The lowest BCUT2D eigenvalue weighted by Crippen LogP contribution is -2.29. The predicted molar refractivity (Wildman–Crippen MR) is 76.7 cm³/mol. The Morgan fingerprint density at radius 2 is 2.26 bits per heavy atom. The molecule has 1 aromatic carbocycles. The van der Waals surface area contributed by atoms with Gasteiger partial charge in [0.25, 0.3) is 0 Å². The van der Waals surface area contributed by atoms with Gasteiger partial charge in [-0.1, -0.05) is 24.9 Å². The first-order chi connectivity index (χ1) is 9.13. The van der Waals surface area contributed by atoms with E-state index in [9.17, 15) is 9.90 Å². The topological polar surface area (TPSA) is 62.2 Å². The molecule has 1 unspecified atom stereocenters. The van der Waals surface area contributed by atoms with Gasteiger partial charge < -0.3 is 10.4 Å². The van der Waals surface area contributed by atoms with Crippen LogP contribution in [0.25, 0.3) is 10.9 Å². The smallest absolute Gasteiger partial charge is 0.326 e. The number of anilines is 1. The highest BCUT2D eigenvalue weighted by molar-refractivity contribution is 6.35. The van der Waals surface area contributed by atoms with Crippen molar-refractivity contribution in [1.82, 2.24) is 4.98 Å². The monoisotopic (exact) mass is 278 g/mol. The van der Waals surface area contributed by atoms with Gasteiger partial charge in [0.2, 0.25) is 0 Å². The van der Waals surface area contributed by atoms with Crippen molar-refractivity contribution in [3.05, 3.63) is 35.5 Å². The Kier molecular flexibility index (Phi) is 4.22. The Hall–Kier alpha value is -1.81. The van der Waals surface area contributed by atoms with Crippen LogP contribution in [-0.2, 0) is 4.79 Å². The second-order valence-corrected chi connectivity index (χ2v) is 4.73. The summed E-state index contributed by atoms with van der Waals surface area (Å²) < 4.78 is 0. The summed E-state index contributed by atoms with van der Waals surface area (Å²) in [5, 5.41) is 13.6. The van der Waals surface area contributed by atoms with E-state index in [1.54, 1.807) is 24.4 Å². The minimum atomic E-state index is -0.860. The molecule has 19 heavy (non-hydrogen) atoms. The molecule has 2 N–H and O–H groups in total. The number of fused-ring (bicyclic) bond motifs is 1. The average Bonchev–Trinajstić information content (AvgIpc) is 2.41. The van der Waals surface area contributed by atoms with Gasteiger partial charge in [-0.15, -0.1) is 0 Å². The first kappa shape index (κ1) is 13.6. The lowest BCUT2D eigenvalue weighted by molar-refractivity contribution is -0.138. The molecule has 4 nitrogen and oxygen atoms in total. The number of carbonyl (C=O) groups is 1. The fourth-order valence-electron chi connectivity index (χ4n) is 1.99. The number of nitrogens with zero attached hydrogens (tertiary/aromatic N) is 1. The molecule has 1 aromatic heterocycles. The number of pyridine rings is 1. The van der Waals surface area contributed by atoms with E-state index in [0.29, 0.717) is 22.6 Å². The van der Waals surface area contributed by atoms with Crippen LogP contribution in [0, 0.1) is 0 Å². The van der Waals surface area contributed by atoms with Gasteiger partial charge in [0.1, 0.15) is 6.04 Å². The highest BCUT2D eigenvalue weighted by Crippen LogP contribution is 2.28. The van der Waals surface area contributed by atoms with Crippen molar-refractivity contribution < 1.29 is 9.90 Å². The predicted octanol–water partition coefficient (Wildman–Crippen LogP) is 3.55. The Balaban J connectivity index is 2.40. The van der Waals surface area contributed by atoms with Gasteiger partial charge in [0, 0.05) is 11.6 Å². The summed E-state index contributed by atoms with van der Waals surface area (Å²) in [4.78, 5) is 15.5. The molecule has 100 valence electrons. The molecule has 0 aliphatic rings. The zero-order valence-corrected chi connectivity index (χ0v) is 11.3. The van der Waals surface area contributed by atoms with E-state index in [4.69, 9.17) is 11.6 Å². The lowest BCUT2D eigenvalue weighted by Gasteiger charge is -2.16. The molecular weight excluding hydrogens is 264 g/mol. The molecule has 1 heterocycles. The van der Waals surface area contributed by atoms with Crippen molar-refractivity contribution in [2.45, 2.75) is 25.8 Å². The highest BCUT2D eigenvalue weighted by Gasteiger charge is 2.17. The molecule has 0 saturated carbocycles. The maximum absolute atomic E-state index is 11.2. The van der Waals surface area contributed by atoms with E-state index in [-0.39, 0.29) is 0 Å². The molecule has 0 aliphatic carbocycles. The van der Waals surface area contributed by atoms with Crippen molar-refractivity contribution in [3.8, 4) is 0 Å². The average molecular weight is 279 g/mol. The zero-order valence-electron chi connectivity index (χ0n) is 10.6. The van der Waals surface area contributed by atoms with E-state index in [2.05, 4.69) is 10.3 Å². The number of halogens is 1. The van der Waals surface area contributed by atoms with Crippen LogP contribution in [0.4, 0.5) is 5.69 Å². The van der Waals surface area contributed by atoms with E-state index >= 15 is 0 Å². The number of aromatic nitrogens is 1. The molecule has 5 heteroatoms. The maximum atomic E-state index is 11.2. The minimum absolute atomic E-state index is 0.562. The number of carboxylic acid groups (broad SMARTS) is 1. The molecule has 0 spiro atoms. The number of rotatable bonds is 5. The van der Waals surface area contributed by atoms with E-state index in [1.165, 1.54) is 0 Å². The Bertz CT molecular complexity index is 601. The zero-order chi connectivity index (χ0) is 13.8. The maximum Gasteiger partial charge on any atom is 0.326 e. The highest BCUT2D eigenvalue weighted by atomic mass is 35.5. The molecule has 0 bridgehead atoms. The van der Waals surface area contributed by atoms with Gasteiger partial charge in [-0.05, 0) is 30.7 Å². The summed E-state index contributed by atoms with van der Waals surface area (Å²) in [6.45, 7) is 1.95. The molecule has 0 aliphatic heterocycles. The first-order valence-corrected chi connectivity index (χ1v) is 6.54. The van der Waals surface area contributed by atoms with Crippen molar-refractivity contribution in [2.24, 2.45) is 0 Å². The number of benzene rings is 1. The fourth-order valence-corrected chi connectivity index (χ4v) is 2.20. The first-order valence-electron chi connectivity index (χ1n) is 6.16. The summed E-state index contributed by atoms with van der Waals surface area (Å²) in [6.07, 6.45) is 3.02. The third-order valence-electron chi connectivity index (χ3n) is 2.92. The van der Waals surface area contributed by atoms with E-state index < -0.39 is 12.0 Å². The third-order valence-corrected chi connectivity index (χ3v) is 3.25. The number of nitrogens with one attached hydrogen (secondary N) is 1. The van der Waals surface area contributed by atoms with Crippen LogP contribution in [0.15, 0.2) is 30.5 Å². The molecule has 1 atom stereocenters. The van der Waals surface area contributed by atoms with Gasteiger partial charge in [-0.25, -0.2) is 4.79 Å². The number of hydrogen-bond acceptors (Lipinski definition) is 3. The fraction of sp³-hybridized carbons (Fsp3) is 0.286. The number of aliphatic carboxylic acids is 1. The van der Waals surface area contributed by atoms with E-state index in [1.807, 2.05) is 13.0 Å². The van der Waals surface area contributed by atoms with Gasteiger partial charge in [0.15, 0.2) is 0 Å². The van der Waals surface area contributed by atoms with Crippen LogP contribution in [0.5, 0.6) is 0 Å². The summed E-state index contributed by atoms with van der Waals surface area (Å²) >= 11 is 6.11. The summed E-state index contributed by atoms with van der Waals surface area (Å²) in [5.74, 6) is -0.860. The normalized spacial score (nSPS) is 12.3. The molecule has 2 aromatic rings. The van der Waals surface area contributed by atoms with Crippen molar-refractivity contribution in [2.75, 3.05) is 5.32 Å². The van der Waals surface area contributed by atoms with Crippen LogP contribution < -0.4 is 5.32 Å². The van der Waals surface area contributed by atoms with Crippen LogP contribution in [0.1, 0.15) is 19.8 Å². The Morgan fingerprint density at radius 3 is 2.95 bits per heavy atom. The Morgan fingerprint density at radius 1 is 1.47 bits per heavy atom. The quantitative estimate of drug-likeness (QED) is 0.878. The van der Waals surface area contributed by atoms with Crippen LogP contribution >= 0.6 is 11.6 Å². The van der Waals surface area contributed by atoms with Crippen LogP contribution in [-0.4, -0.2) is 22.1 Å². The van der Waals surface area contributed by atoms with Crippen LogP contribution in [0.3, 0.4) is 0 Å². The van der Waals surface area contributed by atoms with Gasteiger partial charge in [0.05, 0.1) is 16.2 Å². The second-order valence-electron chi connectivity index (χ2n) is 4.32. The minimum Gasteiger partial charge on any atom is -0.480 e. The Labute approximate surface area is 116 Å². The summed E-state index contributed by atoms with van der Waals surface area (Å²) in [7, 11) is 0. The molecule has 0 saturated heterocycles. The van der Waals surface area contributed by atoms with Gasteiger partial charge in [-0.2, -0.15) is 0 Å². The van der Waals surface area contributed by atoms with E-state index in [0.717, 1.165) is 11.8 Å². The van der Waals surface area contributed by atoms with Gasteiger partial charge >= 0.3 is 5.97 Å². The molecule has 0 radical (unpaired) electrons. The second kappa shape index (κ2) is 5.89. The molecule has 0 fully saturated rings. The van der Waals surface area contributed by atoms with Crippen molar-refractivity contribution in [1.29, 1.82) is 0 Å². The molecule has 0 amide bonds. The summed E-state index contributed by atoms with van der Waals surface area (Å²) in [5.41, 5.74) is 1.39. The number of carboxylic acids is 1. The molecular formula is C14H15ClN2O2.